The van der Waals surface area contributed by atoms with Gasteiger partial charge in [-0.15, -0.1) is 11.8 Å². The van der Waals surface area contributed by atoms with Crippen LogP contribution in [0.5, 0.6) is 0 Å². The van der Waals surface area contributed by atoms with Gasteiger partial charge in [0.05, 0.1) is 19.3 Å². The van der Waals surface area contributed by atoms with Crippen LogP contribution in [-0.2, 0) is 28.5 Å². The fourth-order valence-corrected chi connectivity index (χ4v) is 8.17. The number of hydrogen-bond donors (Lipinski definition) is 0. The average molecular weight is 656 g/mol. The second-order valence-corrected chi connectivity index (χ2v) is 14.4. The molecule has 5 unspecified atom stereocenters. The zero-order valence-electron chi connectivity index (χ0n) is 25.1. The summed E-state index contributed by atoms with van der Waals surface area (Å²) in [4.78, 5) is 13.3. The van der Waals surface area contributed by atoms with E-state index in [0.717, 1.165) is 83.8 Å². The van der Waals surface area contributed by atoms with Crippen molar-refractivity contribution in [1.82, 2.24) is 0 Å². The van der Waals surface area contributed by atoms with Crippen molar-refractivity contribution < 1.29 is 28.5 Å². The molecule has 0 spiro atoms. The molecule has 4 aliphatic rings. The third-order valence-electron chi connectivity index (χ3n) is 8.66. The van der Waals surface area contributed by atoms with Crippen LogP contribution in [0, 0.1) is 11.8 Å². The summed E-state index contributed by atoms with van der Waals surface area (Å²) >= 11 is 5.77. The van der Waals surface area contributed by atoms with E-state index in [0.29, 0.717) is 28.3 Å². The summed E-state index contributed by atoms with van der Waals surface area (Å²) in [5.41, 5.74) is 0. The lowest BCUT2D eigenvalue weighted by Gasteiger charge is -2.30. The van der Waals surface area contributed by atoms with Gasteiger partial charge in [0.2, 0.25) is 0 Å². The Kier molecular flexibility index (Phi) is 14.8. The molecule has 3 fully saturated rings. The monoisotopic (exact) mass is 654 g/mol. The molecule has 0 aromatic heterocycles. The molecule has 6 nitrogen and oxygen atoms in total. The summed E-state index contributed by atoms with van der Waals surface area (Å²) in [5, 5.41) is 0.578. The van der Waals surface area contributed by atoms with Crippen molar-refractivity contribution in [1.29, 1.82) is 0 Å². The van der Waals surface area contributed by atoms with Crippen LogP contribution in [-0.4, -0.2) is 61.2 Å². The number of unbranched alkanes of at least 4 members (excludes halogenated alkanes) is 1. The van der Waals surface area contributed by atoms with Crippen LogP contribution in [0.4, 0.5) is 0 Å². The Hall–Kier alpha value is -0.640. The fourth-order valence-electron chi connectivity index (χ4n) is 6.21. The largest absolute Gasteiger partial charge is 0.469 e. The topological polar surface area (TPSA) is 63.2 Å². The summed E-state index contributed by atoms with van der Waals surface area (Å²) in [5.74, 6) is 0.709. The van der Waals surface area contributed by atoms with E-state index >= 15 is 0 Å². The lowest BCUT2D eigenvalue weighted by Crippen LogP contribution is -2.31. The lowest BCUT2D eigenvalue weighted by atomic mass is 9.90. The molecule has 232 valence electrons. The second-order valence-electron chi connectivity index (χ2n) is 11.9. The summed E-state index contributed by atoms with van der Waals surface area (Å²) in [6.07, 6.45) is 25.6. The van der Waals surface area contributed by atoms with Gasteiger partial charge in [-0.2, -0.15) is 0 Å². The number of alkyl halides is 1. The molecule has 41 heavy (non-hydrogen) atoms. The van der Waals surface area contributed by atoms with Crippen LogP contribution < -0.4 is 0 Å². The zero-order chi connectivity index (χ0) is 28.9. The van der Waals surface area contributed by atoms with Crippen molar-refractivity contribution in [2.24, 2.45) is 11.8 Å². The van der Waals surface area contributed by atoms with E-state index in [1.54, 1.807) is 0 Å². The highest BCUT2D eigenvalue weighted by atomic mass is 79.9. The Balaban J connectivity index is 1.39. The maximum atomic E-state index is 11.4. The Morgan fingerprint density at radius 1 is 1.10 bits per heavy atom. The van der Waals surface area contributed by atoms with Gasteiger partial charge in [-0.25, -0.2) is 0 Å². The van der Waals surface area contributed by atoms with Crippen molar-refractivity contribution in [2.45, 2.75) is 132 Å². The molecule has 0 N–H and O–H groups in total. The van der Waals surface area contributed by atoms with Crippen LogP contribution in [0.15, 0.2) is 35.3 Å². The van der Waals surface area contributed by atoms with Crippen molar-refractivity contribution in [3.8, 4) is 0 Å². The highest BCUT2D eigenvalue weighted by Crippen LogP contribution is 2.41. The molecule has 0 amide bonds. The summed E-state index contributed by atoms with van der Waals surface area (Å²) in [7, 11) is 1.45. The number of esters is 1. The zero-order valence-corrected chi connectivity index (χ0v) is 27.5. The Bertz CT molecular complexity index is 866. The Morgan fingerprint density at radius 3 is 2.56 bits per heavy atom. The second kappa shape index (κ2) is 18.2. The van der Waals surface area contributed by atoms with Gasteiger partial charge in [-0.1, -0.05) is 53.2 Å². The average Bonchev–Trinajstić information content (AvgIpc) is 3.53. The third kappa shape index (κ3) is 11.4. The van der Waals surface area contributed by atoms with Gasteiger partial charge in [0.15, 0.2) is 12.6 Å². The van der Waals surface area contributed by atoms with Gasteiger partial charge in [-0.05, 0) is 94.3 Å². The minimum Gasteiger partial charge on any atom is -0.469 e. The van der Waals surface area contributed by atoms with Gasteiger partial charge >= 0.3 is 5.97 Å². The quantitative estimate of drug-likeness (QED) is 0.0762. The fraction of sp³-hybridized carbons (Fsp3) is 0.788. The van der Waals surface area contributed by atoms with E-state index < -0.39 is 0 Å². The molecule has 3 aliphatic heterocycles. The molecule has 8 atom stereocenters. The third-order valence-corrected chi connectivity index (χ3v) is 11.4. The predicted octanol–water partition coefficient (Wildman–Crippen LogP) is 8.24. The van der Waals surface area contributed by atoms with Crippen molar-refractivity contribution in [2.75, 3.05) is 20.3 Å². The molecule has 0 radical (unpaired) electrons. The van der Waals surface area contributed by atoms with Gasteiger partial charge in [0.25, 0.3) is 0 Å². The molecule has 0 aromatic rings. The minimum atomic E-state index is -0.135. The lowest BCUT2D eigenvalue weighted by molar-refractivity contribution is -0.192. The molecule has 0 aromatic carbocycles. The molecular formula is C33H51BrO6S. The first kappa shape index (κ1) is 33.3. The molecular weight excluding hydrogens is 604 g/mol. The van der Waals surface area contributed by atoms with E-state index in [-0.39, 0.29) is 30.8 Å². The molecule has 3 heterocycles. The number of rotatable bonds is 15. The number of allylic oxidation sites excluding steroid dienone is 4. The molecule has 0 bridgehead atoms. The minimum absolute atomic E-state index is 0.0194. The number of thioether (sulfide) groups is 1. The summed E-state index contributed by atoms with van der Waals surface area (Å²) in [6, 6.07) is 0. The van der Waals surface area contributed by atoms with Crippen molar-refractivity contribution >= 4 is 33.7 Å². The first-order chi connectivity index (χ1) is 20.0. The van der Waals surface area contributed by atoms with Crippen LogP contribution in [0.2, 0.25) is 0 Å². The molecule has 1 saturated carbocycles. The van der Waals surface area contributed by atoms with E-state index in [2.05, 4.69) is 53.2 Å². The van der Waals surface area contributed by atoms with Crippen LogP contribution >= 0.6 is 27.7 Å². The van der Waals surface area contributed by atoms with Crippen molar-refractivity contribution in [3.05, 3.63) is 35.3 Å². The summed E-state index contributed by atoms with van der Waals surface area (Å²) in [6.45, 7) is 3.87. The molecule has 8 heteroatoms. The number of halogens is 1. The van der Waals surface area contributed by atoms with E-state index in [4.69, 9.17) is 23.7 Å². The molecule has 1 aliphatic carbocycles. The van der Waals surface area contributed by atoms with Gasteiger partial charge in [0.1, 0.15) is 0 Å². The highest BCUT2D eigenvalue weighted by Gasteiger charge is 2.36. The maximum absolute atomic E-state index is 11.4. The molecule has 4 rings (SSSR count). The van der Waals surface area contributed by atoms with Crippen LogP contribution in [0.25, 0.3) is 0 Å². The number of ether oxygens (including phenoxy) is 5. The van der Waals surface area contributed by atoms with Gasteiger partial charge in [-0.3, -0.25) is 4.79 Å². The number of carbonyl (C=O) groups excluding carboxylic acids is 1. The van der Waals surface area contributed by atoms with E-state index in [1.165, 1.54) is 24.9 Å². The van der Waals surface area contributed by atoms with Crippen LogP contribution in [0.3, 0.4) is 0 Å². The summed E-state index contributed by atoms with van der Waals surface area (Å²) < 4.78 is 29.9. The first-order valence-electron chi connectivity index (χ1n) is 16.0. The van der Waals surface area contributed by atoms with Gasteiger partial charge < -0.3 is 23.7 Å². The SMILES string of the molecule is COC(=O)CCC/C=C\C[C@H]1CC[C@@H](OC2CCCCO2)C1/C=C/[C@H](CCC1=CC(Br)C(C)S1)OC1CCCCO1. The molecule has 2 saturated heterocycles. The Morgan fingerprint density at radius 2 is 1.88 bits per heavy atom. The van der Waals surface area contributed by atoms with Crippen molar-refractivity contribution in [3.63, 3.8) is 0 Å². The van der Waals surface area contributed by atoms with Crippen LogP contribution in [0.1, 0.15) is 96.8 Å². The van der Waals surface area contributed by atoms with Gasteiger partial charge in [0, 0.05) is 35.6 Å². The first-order valence-corrected chi connectivity index (χ1v) is 17.8. The number of carbonyl (C=O) groups is 1. The standard InChI is InChI=1S/C33H51BrO6S/c1-24-29(34)23-27(41-24)18-16-26(39-32-13-7-9-21-37-32)17-19-28-25(11-5-3-4-6-12-31(35)36-2)15-20-30(28)40-33-14-8-10-22-38-33/h3,5,17,19,23-26,28-30,32-33H,4,6-16,18,20-22H2,1-2H3/b5-3-,19-17+/t24?,25-,26-,28?,29?,30+,32?,33?/m0/s1. The smallest absolute Gasteiger partial charge is 0.305 e. The Labute approximate surface area is 260 Å². The van der Waals surface area contributed by atoms with E-state index in [9.17, 15) is 4.79 Å². The van der Waals surface area contributed by atoms with E-state index in [1.807, 2.05) is 11.8 Å². The predicted molar refractivity (Wildman–Crippen MR) is 169 cm³/mol. The maximum Gasteiger partial charge on any atom is 0.305 e. The normalized spacial score (nSPS) is 33.4. The highest BCUT2D eigenvalue weighted by molar-refractivity contribution is 9.09. The number of hydrogen-bond acceptors (Lipinski definition) is 7. The number of methoxy groups -OCH3 is 1.